The maximum absolute atomic E-state index is 13.5. The molecule has 2 heterocycles. The van der Waals surface area contributed by atoms with Crippen molar-refractivity contribution in [2.75, 3.05) is 7.11 Å². The Bertz CT molecular complexity index is 1460. The lowest BCUT2D eigenvalue weighted by Crippen LogP contribution is -2.72. The van der Waals surface area contributed by atoms with Crippen LogP contribution in [0.25, 0.3) is 0 Å². The van der Waals surface area contributed by atoms with Crippen molar-refractivity contribution in [3.8, 4) is 5.75 Å². The van der Waals surface area contributed by atoms with E-state index >= 15 is 0 Å². The summed E-state index contributed by atoms with van der Waals surface area (Å²) in [5.74, 6) is -0.692. The molecule has 8 heteroatoms. The zero-order valence-electron chi connectivity index (χ0n) is 22.3. The number of nitrogens with zero attached hydrogens (tertiary/aromatic N) is 1. The number of β-lactam (4-membered cyclic amide) rings is 1. The monoisotopic (exact) mass is 541 g/mol. The largest absolute Gasteiger partial charge is 0.497 e. The van der Waals surface area contributed by atoms with Gasteiger partial charge in [0.2, 0.25) is 5.91 Å². The topological polar surface area (TPSA) is 84.9 Å². The molecule has 1 saturated heterocycles. The lowest BCUT2D eigenvalue weighted by molar-refractivity contribution is -0.153. The van der Waals surface area contributed by atoms with Gasteiger partial charge >= 0.3 is 5.97 Å². The Morgan fingerprint density at radius 2 is 1.69 bits per heavy atom. The molecular formula is C31H28N2O5S. The van der Waals surface area contributed by atoms with Gasteiger partial charge in [0.05, 0.1) is 13.5 Å². The molecule has 6 rings (SSSR count). The number of esters is 1. The molecule has 1 saturated carbocycles. The number of carbonyl (C=O) groups is 3. The molecule has 2 amide bonds. The Balaban J connectivity index is 1.24. The number of benzene rings is 3. The van der Waals surface area contributed by atoms with Crippen LogP contribution in [0.1, 0.15) is 30.4 Å². The molecule has 1 N–H and O–H groups in total. The van der Waals surface area contributed by atoms with Gasteiger partial charge in [0.25, 0.3) is 5.91 Å². The first-order valence-electron chi connectivity index (χ1n) is 13.4. The number of fused-ring (bicyclic) bond motifs is 2. The summed E-state index contributed by atoms with van der Waals surface area (Å²) in [7, 11) is 1.58. The first-order valence-corrected chi connectivity index (χ1v) is 13.7. The van der Waals surface area contributed by atoms with Crippen LogP contribution in [0.2, 0.25) is 0 Å². The smallest absolute Gasteiger partial charge is 0.355 e. The van der Waals surface area contributed by atoms with Crippen molar-refractivity contribution in [2.45, 2.75) is 42.0 Å². The Morgan fingerprint density at radius 1 is 1.00 bits per heavy atom. The summed E-state index contributed by atoms with van der Waals surface area (Å²) in [5, 5.41) is 2.26. The highest BCUT2D eigenvalue weighted by Crippen LogP contribution is 2.57. The van der Waals surface area contributed by atoms with Gasteiger partial charge in [0, 0.05) is 12.5 Å². The van der Waals surface area contributed by atoms with Gasteiger partial charge in [0.1, 0.15) is 29.5 Å². The van der Waals surface area contributed by atoms with Crippen LogP contribution in [0.4, 0.5) is 0 Å². The Labute approximate surface area is 232 Å². The van der Waals surface area contributed by atoms with E-state index in [0.29, 0.717) is 11.3 Å². The van der Waals surface area contributed by atoms with Crippen molar-refractivity contribution in [3.05, 3.63) is 113 Å². The Morgan fingerprint density at radius 3 is 2.38 bits per heavy atom. The predicted molar refractivity (Wildman–Crippen MR) is 148 cm³/mol. The molecular weight excluding hydrogens is 512 g/mol. The van der Waals surface area contributed by atoms with E-state index < -0.39 is 23.8 Å². The van der Waals surface area contributed by atoms with Crippen molar-refractivity contribution in [3.63, 3.8) is 0 Å². The average Bonchev–Trinajstić information content (AvgIpc) is 2.98. The molecule has 0 unspecified atom stereocenters. The van der Waals surface area contributed by atoms with Crippen LogP contribution in [0.3, 0.4) is 0 Å². The van der Waals surface area contributed by atoms with Gasteiger partial charge in [-0.15, -0.1) is 11.8 Å². The van der Waals surface area contributed by atoms with Crippen molar-refractivity contribution in [1.82, 2.24) is 10.2 Å². The maximum atomic E-state index is 13.5. The molecule has 3 aromatic carbocycles. The molecule has 7 nitrogen and oxygen atoms in total. The van der Waals surface area contributed by atoms with Gasteiger partial charge in [-0.2, -0.15) is 0 Å². The number of hydrogen-bond donors (Lipinski definition) is 1. The van der Waals surface area contributed by atoms with Crippen molar-refractivity contribution >= 4 is 29.5 Å². The van der Waals surface area contributed by atoms with Crippen LogP contribution < -0.4 is 10.1 Å². The maximum Gasteiger partial charge on any atom is 0.355 e. The lowest BCUT2D eigenvalue weighted by Gasteiger charge is -2.56. The van der Waals surface area contributed by atoms with Gasteiger partial charge in [-0.1, -0.05) is 72.8 Å². The second-order valence-electron chi connectivity index (χ2n) is 9.69. The Kier molecular flexibility index (Phi) is 6.54. The van der Waals surface area contributed by atoms with Gasteiger partial charge in [0.15, 0.2) is 0 Å². The number of methoxy groups -OCH3 is 1. The number of carbonyl (C=O) groups excluding carboxylic acids is 3. The van der Waals surface area contributed by atoms with E-state index in [1.807, 2.05) is 60.7 Å². The van der Waals surface area contributed by atoms with E-state index in [1.54, 1.807) is 31.4 Å². The summed E-state index contributed by atoms with van der Waals surface area (Å²) in [4.78, 5) is 41.1. The van der Waals surface area contributed by atoms with Crippen molar-refractivity contribution in [1.29, 1.82) is 0 Å². The molecule has 0 radical (unpaired) electrons. The van der Waals surface area contributed by atoms with Gasteiger partial charge < -0.3 is 14.8 Å². The van der Waals surface area contributed by atoms with E-state index in [-0.39, 0.29) is 41.7 Å². The van der Waals surface area contributed by atoms with E-state index in [4.69, 9.17) is 10.8 Å². The average molecular weight is 542 g/mol. The third-order valence-electron chi connectivity index (χ3n) is 7.27. The van der Waals surface area contributed by atoms with E-state index in [1.165, 1.54) is 16.7 Å². The summed E-state index contributed by atoms with van der Waals surface area (Å²) >= 11 is 1.53. The second-order valence-corrected chi connectivity index (χ2v) is 11.0. The van der Waals surface area contributed by atoms with Crippen LogP contribution in [-0.4, -0.2) is 46.5 Å². The standard InChI is InChI=1S/C31H28N2O5S/c1-37-22-14-12-20(13-15-22)18-38-31(36)27-24-17-23(21-10-6-3-7-11-21)28(24)39-30-26(29(35)33(27)30)32-25(34)16-19-8-4-2-5-9-19/h2-15,23,26,28,30H,16-18H2,1H3,(H,32,34)/t23-,26+,28-,30+/m0/s1/i17D/t17-,23-,26+,28-,30+. The van der Waals surface area contributed by atoms with Crippen LogP contribution in [0.15, 0.2) is 96.2 Å². The number of thioether (sulfide) groups is 1. The van der Waals surface area contributed by atoms with Crippen LogP contribution in [0.5, 0.6) is 5.75 Å². The third-order valence-corrected chi connectivity index (χ3v) is 8.87. The molecule has 1 aliphatic carbocycles. The minimum absolute atomic E-state index is 0.0200. The third kappa shape index (κ3) is 4.81. The molecule has 3 aromatic rings. The fraction of sp³-hybridized carbons (Fsp3) is 0.258. The highest BCUT2D eigenvalue weighted by molar-refractivity contribution is 8.01. The van der Waals surface area contributed by atoms with Gasteiger partial charge in [-0.3, -0.25) is 14.5 Å². The van der Waals surface area contributed by atoms with Crippen LogP contribution in [0, 0.1) is 0 Å². The zero-order chi connectivity index (χ0) is 27.8. The quantitative estimate of drug-likeness (QED) is 0.340. The van der Waals surface area contributed by atoms with Crippen LogP contribution in [-0.2, 0) is 32.1 Å². The van der Waals surface area contributed by atoms with Crippen molar-refractivity contribution < 1.29 is 25.2 Å². The summed E-state index contributed by atoms with van der Waals surface area (Å²) < 4.78 is 19.8. The highest BCUT2D eigenvalue weighted by Gasteiger charge is 2.60. The zero-order valence-corrected chi connectivity index (χ0v) is 22.1. The number of hydrogen-bond acceptors (Lipinski definition) is 6. The molecule has 0 aromatic heterocycles. The predicted octanol–water partition coefficient (Wildman–Crippen LogP) is 4.19. The van der Waals surface area contributed by atoms with Crippen LogP contribution >= 0.6 is 11.8 Å². The van der Waals surface area contributed by atoms with E-state index in [9.17, 15) is 14.4 Å². The fourth-order valence-corrected chi connectivity index (χ4v) is 6.91. The normalized spacial score (nSPS) is 25.4. The van der Waals surface area contributed by atoms with E-state index in [2.05, 4.69) is 5.32 Å². The van der Waals surface area contributed by atoms with Gasteiger partial charge in [-0.05, 0) is 40.8 Å². The molecule has 39 heavy (non-hydrogen) atoms. The number of rotatable bonds is 8. The summed E-state index contributed by atoms with van der Waals surface area (Å²) in [6.45, 7) is 0.0200. The molecule has 198 valence electrons. The highest BCUT2D eigenvalue weighted by atomic mass is 32.2. The number of nitrogens with one attached hydrogen (secondary N) is 1. The molecule has 2 aliphatic heterocycles. The molecule has 0 bridgehead atoms. The Hall–Kier alpha value is -4.04. The molecule has 3 aliphatic rings. The number of amides is 2. The minimum atomic E-state index is -0.756. The first kappa shape index (κ1) is 24.0. The second kappa shape index (κ2) is 10.6. The summed E-state index contributed by atoms with van der Waals surface area (Å²) in [6, 6.07) is 25.5. The van der Waals surface area contributed by atoms with Gasteiger partial charge in [-0.25, -0.2) is 4.79 Å². The lowest BCUT2D eigenvalue weighted by atomic mass is 9.73. The summed E-state index contributed by atoms with van der Waals surface area (Å²) in [6.07, 6.45) is -0.519. The first-order chi connectivity index (χ1) is 19.5. The number of ether oxygens (including phenoxy) is 2. The van der Waals surface area contributed by atoms with E-state index in [0.717, 1.165) is 16.7 Å². The van der Waals surface area contributed by atoms with Crippen molar-refractivity contribution in [2.24, 2.45) is 0 Å². The summed E-state index contributed by atoms with van der Waals surface area (Å²) in [5.41, 5.74) is 3.39. The molecule has 0 spiro atoms. The SMILES string of the molecule is [2H][C@@H]1C2=C(C(=O)OCc3ccc(OC)cc3)N3C(=O)[C@@H](NC(=O)Cc4ccccc4)[C@H]3S[C@H]2[C@@H]1c1ccccc1. The molecule has 5 atom stereocenters. The molecule has 2 fully saturated rings. The minimum Gasteiger partial charge on any atom is -0.497 e. The fourth-order valence-electron chi connectivity index (χ4n) is 5.19.